The Bertz CT molecular complexity index is 1610. The Kier molecular flexibility index (Phi) is 4.89. The van der Waals surface area contributed by atoms with Crippen molar-refractivity contribution in [1.82, 2.24) is 14.9 Å². The summed E-state index contributed by atoms with van der Waals surface area (Å²) in [5, 5.41) is 13.9. The summed E-state index contributed by atoms with van der Waals surface area (Å²) >= 11 is 6.18. The van der Waals surface area contributed by atoms with Crippen LogP contribution in [0.25, 0.3) is 22.0 Å². The summed E-state index contributed by atoms with van der Waals surface area (Å²) in [5.41, 5.74) is 4.10. The van der Waals surface area contributed by atoms with Crippen LogP contribution in [0.3, 0.4) is 0 Å². The normalized spacial score (nSPS) is 14.3. The zero-order chi connectivity index (χ0) is 24.2. The second kappa shape index (κ2) is 7.99. The first-order valence-electron chi connectivity index (χ1n) is 11.2. The molecule has 35 heavy (non-hydrogen) atoms. The second-order valence-electron chi connectivity index (χ2n) is 8.88. The van der Waals surface area contributed by atoms with Gasteiger partial charge in [0.15, 0.2) is 12.0 Å². The van der Waals surface area contributed by atoms with Crippen molar-refractivity contribution in [2.24, 2.45) is 0 Å². The molecule has 0 unspecified atom stereocenters. The van der Waals surface area contributed by atoms with Crippen molar-refractivity contribution in [2.75, 3.05) is 0 Å². The highest BCUT2D eigenvalue weighted by Crippen LogP contribution is 2.46. The maximum atomic E-state index is 13.7. The van der Waals surface area contributed by atoms with E-state index >= 15 is 0 Å². The number of aromatic carboxylic acids is 1. The van der Waals surface area contributed by atoms with Gasteiger partial charge in [-0.25, -0.2) is 9.78 Å². The van der Waals surface area contributed by atoms with Gasteiger partial charge in [0, 0.05) is 23.2 Å². The summed E-state index contributed by atoms with van der Waals surface area (Å²) < 4.78 is 7.57. The molecule has 174 valence electrons. The molecule has 6 rings (SSSR count). The molecule has 2 aromatic heterocycles. The van der Waals surface area contributed by atoms with Gasteiger partial charge in [0.2, 0.25) is 0 Å². The highest BCUT2D eigenvalue weighted by Gasteiger charge is 2.46. The standard InChI is InChI=1S/C27H20ClN3O4/c28-19-3-1-2-16(12-19)14-31-11-8-20-23-22(35-15-29-23)13-21(24(20)31)25(32)30-27(9-10-27)18-6-4-17(5-7-18)26(33)34/h1-8,11-13,15H,9-10,14H2,(H,30,32)(H,33,34). The van der Waals surface area contributed by atoms with E-state index in [-0.39, 0.29) is 11.5 Å². The first-order valence-corrected chi connectivity index (χ1v) is 11.6. The van der Waals surface area contributed by atoms with Gasteiger partial charge in [0.05, 0.1) is 22.2 Å². The summed E-state index contributed by atoms with van der Waals surface area (Å²) in [5.74, 6) is -1.20. The minimum atomic E-state index is -0.978. The number of oxazole rings is 1. The first-order chi connectivity index (χ1) is 16.9. The van der Waals surface area contributed by atoms with Crippen LogP contribution in [-0.2, 0) is 12.1 Å². The van der Waals surface area contributed by atoms with Crippen molar-refractivity contribution in [3.8, 4) is 0 Å². The smallest absolute Gasteiger partial charge is 0.335 e. The van der Waals surface area contributed by atoms with E-state index in [2.05, 4.69) is 10.3 Å². The molecule has 2 N–H and O–H groups in total. The zero-order valence-electron chi connectivity index (χ0n) is 18.5. The highest BCUT2D eigenvalue weighted by atomic mass is 35.5. The molecule has 2 heterocycles. The van der Waals surface area contributed by atoms with Crippen molar-refractivity contribution >= 4 is 45.5 Å². The lowest BCUT2D eigenvalue weighted by molar-refractivity contribution is 0.0696. The van der Waals surface area contributed by atoms with E-state index in [9.17, 15) is 14.7 Å². The molecule has 0 aliphatic heterocycles. The Morgan fingerprint density at radius 1 is 1.11 bits per heavy atom. The number of carbonyl (C=O) groups is 2. The summed E-state index contributed by atoms with van der Waals surface area (Å²) in [6.07, 6.45) is 4.88. The van der Waals surface area contributed by atoms with E-state index in [0.717, 1.165) is 34.9 Å². The van der Waals surface area contributed by atoms with Gasteiger partial charge in [-0.05, 0) is 60.4 Å². The van der Waals surface area contributed by atoms with Crippen LogP contribution in [0, 0.1) is 0 Å². The second-order valence-corrected chi connectivity index (χ2v) is 9.31. The SMILES string of the molecule is O=C(O)c1ccc(C2(NC(=O)c3cc4ocnc4c4ccn(Cc5cccc(Cl)c5)c34)CC2)cc1. The number of aromatic nitrogens is 2. The Morgan fingerprint density at radius 2 is 1.91 bits per heavy atom. The Morgan fingerprint density at radius 3 is 2.63 bits per heavy atom. The van der Waals surface area contributed by atoms with Gasteiger partial charge in [0.1, 0.15) is 5.52 Å². The maximum Gasteiger partial charge on any atom is 0.335 e. The first kappa shape index (κ1) is 21.4. The van der Waals surface area contributed by atoms with Gasteiger partial charge in [-0.2, -0.15) is 0 Å². The molecular formula is C27H20ClN3O4. The van der Waals surface area contributed by atoms with Crippen LogP contribution in [0.15, 0.2) is 77.7 Å². The number of nitrogens with zero attached hydrogens (tertiary/aromatic N) is 2. The fourth-order valence-electron chi connectivity index (χ4n) is 4.69. The zero-order valence-corrected chi connectivity index (χ0v) is 19.2. The van der Waals surface area contributed by atoms with Crippen LogP contribution in [0.2, 0.25) is 5.02 Å². The largest absolute Gasteiger partial charge is 0.478 e. The molecule has 0 atom stereocenters. The van der Waals surface area contributed by atoms with E-state index in [1.165, 1.54) is 6.39 Å². The number of benzene rings is 3. The number of carboxylic acids is 1. The number of amides is 1. The summed E-state index contributed by atoms with van der Waals surface area (Å²) in [4.78, 5) is 29.3. The predicted octanol–water partition coefficient (Wildman–Crippen LogP) is 5.60. The van der Waals surface area contributed by atoms with Gasteiger partial charge in [-0.15, -0.1) is 0 Å². The number of carboxylic acid groups (broad SMARTS) is 1. The topological polar surface area (TPSA) is 97.4 Å². The van der Waals surface area contributed by atoms with Crippen molar-refractivity contribution in [2.45, 2.75) is 24.9 Å². The van der Waals surface area contributed by atoms with Gasteiger partial charge in [-0.1, -0.05) is 35.9 Å². The fraction of sp³-hybridized carbons (Fsp3) is 0.148. The quantitative estimate of drug-likeness (QED) is 0.326. The van der Waals surface area contributed by atoms with Crippen molar-refractivity contribution in [3.63, 3.8) is 0 Å². The van der Waals surface area contributed by atoms with Crippen molar-refractivity contribution < 1.29 is 19.1 Å². The van der Waals surface area contributed by atoms with E-state index in [1.54, 1.807) is 30.3 Å². The number of fused-ring (bicyclic) bond motifs is 3. The molecule has 1 fully saturated rings. The third-order valence-electron chi connectivity index (χ3n) is 6.62. The molecule has 7 nitrogen and oxygen atoms in total. The van der Waals surface area contributed by atoms with Crippen molar-refractivity contribution in [3.05, 3.63) is 101 Å². The number of hydrogen-bond acceptors (Lipinski definition) is 4. The van der Waals surface area contributed by atoms with Crippen LogP contribution in [0.5, 0.6) is 0 Å². The number of hydrogen-bond donors (Lipinski definition) is 2. The Balaban J connectivity index is 1.40. The monoisotopic (exact) mass is 485 g/mol. The molecule has 0 radical (unpaired) electrons. The molecule has 1 saturated carbocycles. The number of rotatable bonds is 6. The molecule has 5 aromatic rings. The third kappa shape index (κ3) is 3.74. The molecule has 0 bridgehead atoms. The minimum absolute atomic E-state index is 0.215. The van der Waals surface area contributed by atoms with Crippen LogP contribution in [-0.4, -0.2) is 26.5 Å². The molecule has 0 spiro atoms. The van der Waals surface area contributed by atoms with E-state index in [4.69, 9.17) is 16.0 Å². The lowest BCUT2D eigenvalue weighted by atomic mass is 10.0. The number of halogens is 1. The van der Waals surface area contributed by atoms with Crippen LogP contribution in [0.4, 0.5) is 0 Å². The van der Waals surface area contributed by atoms with Gasteiger partial charge < -0.3 is 19.4 Å². The average molecular weight is 486 g/mol. The number of nitrogens with one attached hydrogen (secondary N) is 1. The van der Waals surface area contributed by atoms with Crippen LogP contribution in [0.1, 0.15) is 44.7 Å². The van der Waals surface area contributed by atoms with Crippen LogP contribution >= 0.6 is 11.6 Å². The Labute approximate surface area is 204 Å². The highest BCUT2D eigenvalue weighted by molar-refractivity contribution is 6.30. The average Bonchev–Trinajstić information content (AvgIpc) is 3.26. The molecule has 1 aliphatic carbocycles. The lowest BCUT2D eigenvalue weighted by Crippen LogP contribution is -2.35. The molecular weight excluding hydrogens is 466 g/mol. The number of carbonyl (C=O) groups excluding carboxylic acids is 1. The summed E-state index contributed by atoms with van der Waals surface area (Å²) in [6.45, 7) is 0.537. The summed E-state index contributed by atoms with van der Waals surface area (Å²) in [6, 6.07) is 18.0. The van der Waals surface area contributed by atoms with E-state index in [0.29, 0.717) is 28.2 Å². The third-order valence-corrected chi connectivity index (χ3v) is 6.85. The molecule has 1 aliphatic rings. The maximum absolute atomic E-state index is 13.7. The Hall–Kier alpha value is -4.10. The predicted molar refractivity (Wildman–Crippen MR) is 132 cm³/mol. The molecule has 8 heteroatoms. The minimum Gasteiger partial charge on any atom is -0.478 e. The molecule has 0 saturated heterocycles. The van der Waals surface area contributed by atoms with Gasteiger partial charge in [-0.3, -0.25) is 4.79 Å². The van der Waals surface area contributed by atoms with Crippen molar-refractivity contribution in [1.29, 1.82) is 0 Å². The van der Waals surface area contributed by atoms with E-state index < -0.39 is 11.5 Å². The van der Waals surface area contributed by atoms with E-state index in [1.807, 2.05) is 41.1 Å². The van der Waals surface area contributed by atoms with Gasteiger partial charge in [0.25, 0.3) is 5.91 Å². The van der Waals surface area contributed by atoms with Gasteiger partial charge >= 0.3 is 5.97 Å². The summed E-state index contributed by atoms with van der Waals surface area (Å²) in [7, 11) is 0. The molecule has 3 aromatic carbocycles. The van der Waals surface area contributed by atoms with Crippen LogP contribution < -0.4 is 5.32 Å². The molecule has 1 amide bonds. The lowest BCUT2D eigenvalue weighted by Gasteiger charge is -2.19. The fourth-order valence-corrected chi connectivity index (χ4v) is 4.90.